The summed E-state index contributed by atoms with van der Waals surface area (Å²) < 4.78 is 17.8. The Labute approximate surface area is 215 Å². The van der Waals surface area contributed by atoms with Crippen LogP contribution in [0.4, 0.5) is 0 Å². The summed E-state index contributed by atoms with van der Waals surface area (Å²) in [7, 11) is 3.60. The lowest BCUT2D eigenvalue weighted by molar-refractivity contribution is -0.169. The summed E-state index contributed by atoms with van der Waals surface area (Å²) in [4.78, 5) is 38.6. The number of methoxy groups -OCH3 is 1. The van der Waals surface area contributed by atoms with Gasteiger partial charge >= 0.3 is 11.9 Å². The molecule has 200 valence electrons. The molecule has 37 heavy (non-hydrogen) atoms. The van der Waals surface area contributed by atoms with Crippen LogP contribution in [0, 0.1) is 5.92 Å². The maximum absolute atomic E-state index is 12.8. The van der Waals surface area contributed by atoms with Gasteiger partial charge in [-0.1, -0.05) is 19.9 Å². The molecule has 2 heterocycles. The molecule has 2 aliphatic heterocycles. The van der Waals surface area contributed by atoms with E-state index in [9.17, 15) is 24.6 Å². The topological polar surface area (TPSA) is 135 Å². The number of likely N-dealkylation sites (tertiary alicyclic amines) is 1. The molecule has 2 bridgehead atoms. The highest BCUT2D eigenvalue weighted by Gasteiger charge is 2.72. The molecule has 1 spiro atoms. The van der Waals surface area contributed by atoms with Gasteiger partial charge in [-0.05, 0) is 50.1 Å². The van der Waals surface area contributed by atoms with E-state index < -0.39 is 41.0 Å². The van der Waals surface area contributed by atoms with Crippen LogP contribution in [0.1, 0.15) is 50.7 Å². The third-order valence-corrected chi connectivity index (χ3v) is 8.60. The Morgan fingerprint density at radius 1 is 1.27 bits per heavy atom. The smallest absolute Gasteiger partial charge is 0.326 e. The number of carboxylic acids is 1. The summed E-state index contributed by atoms with van der Waals surface area (Å²) >= 11 is 0. The van der Waals surface area contributed by atoms with Gasteiger partial charge in [0, 0.05) is 24.4 Å². The molecule has 10 heteroatoms. The van der Waals surface area contributed by atoms with Crippen LogP contribution in [0.5, 0.6) is 11.5 Å². The normalized spacial score (nSPS) is 30.1. The minimum atomic E-state index is -1.12. The molecular formula is C27H34N2O8. The minimum absolute atomic E-state index is 0.112. The molecule has 4 aliphatic rings. The van der Waals surface area contributed by atoms with Crippen molar-refractivity contribution < 1.29 is 38.8 Å². The van der Waals surface area contributed by atoms with Gasteiger partial charge in [0.15, 0.2) is 17.6 Å². The first-order valence-electron chi connectivity index (χ1n) is 12.8. The zero-order chi connectivity index (χ0) is 26.7. The lowest BCUT2D eigenvalue weighted by Crippen LogP contribution is -2.74. The van der Waals surface area contributed by atoms with Gasteiger partial charge < -0.3 is 34.6 Å². The van der Waals surface area contributed by atoms with Crippen molar-refractivity contribution in [2.24, 2.45) is 5.92 Å². The number of carboxylic acid groups (broad SMARTS) is 1. The summed E-state index contributed by atoms with van der Waals surface area (Å²) in [6, 6.07) is 2.76. The molecule has 2 aliphatic carbocycles. The maximum Gasteiger partial charge on any atom is 0.326 e. The number of ether oxygens (including phenoxy) is 3. The lowest BCUT2D eigenvalue weighted by atomic mass is 9.50. The lowest BCUT2D eigenvalue weighted by Gasteiger charge is -2.61. The van der Waals surface area contributed by atoms with Gasteiger partial charge in [-0.15, -0.1) is 0 Å². The van der Waals surface area contributed by atoms with Crippen molar-refractivity contribution in [1.82, 2.24) is 10.2 Å². The first-order chi connectivity index (χ1) is 17.5. The molecule has 1 saturated heterocycles. The van der Waals surface area contributed by atoms with Gasteiger partial charge in [0.2, 0.25) is 5.91 Å². The Hall–Kier alpha value is -3.11. The number of carbonyl (C=O) groups excluding carboxylic acids is 2. The van der Waals surface area contributed by atoms with E-state index in [1.54, 1.807) is 27.0 Å². The molecule has 1 fully saturated rings. The fourth-order valence-corrected chi connectivity index (χ4v) is 6.75. The van der Waals surface area contributed by atoms with Gasteiger partial charge in [-0.25, -0.2) is 4.79 Å². The van der Waals surface area contributed by atoms with E-state index in [0.717, 1.165) is 17.7 Å². The number of carbonyl (C=O) groups is 3. The summed E-state index contributed by atoms with van der Waals surface area (Å²) in [5, 5.41) is 23.9. The number of nitrogens with zero attached hydrogens (tertiary/aromatic N) is 1. The van der Waals surface area contributed by atoms with E-state index in [2.05, 4.69) is 10.2 Å². The molecule has 5 rings (SSSR count). The number of amides is 1. The van der Waals surface area contributed by atoms with Gasteiger partial charge in [-0.2, -0.15) is 0 Å². The third kappa shape index (κ3) is 3.72. The number of nitrogens with one attached hydrogen (secondary N) is 1. The van der Waals surface area contributed by atoms with E-state index >= 15 is 0 Å². The van der Waals surface area contributed by atoms with E-state index in [1.807, 2.05) is 19.2 Å². The molecule has 0 radical (unpaired) electrons. The molecule has 1 aromatic carbocycles. The molecular weight excluding hydrogens is 480 g/mol. The number of likely N-dealkylation sites (N-methyl/N-ethyl adjacent to an activating group) is 1. The molecule has 1 aromatic rings. The second-order valence-corrected chi connectivity index (χ2v) is 10.9. The zero-order valence-electron chi connectivity index (χ0n) is 21.6. The van der Waals surface area contributed by atoms with Crippen molar-refractivity contribution in [1.29, 1.82) is 0 Å². The molecule has 0 saturated carbocycles. The Kier molecular flexibility index (Phi) is 6.23. The Morgan fingerprint density at radius 3 is 2.70 bits per heavy atom. The van der Waals surface area contributed by atoms with Gasteiger partial charge in [-0.3, -0.25) is 9.59 Å². The zero-order valence-corrected chi connectivity index (χ0v) is 21.6. The summed E-state index contributed by atoms with van der Waals surface area (Å²) in [5.74, 6) is -1.09. The summed E-state index contributed by atoms with van der Waals surface area (Å²) in [5.41, 5.74) is 0.156. The van der Waals surface area contributed by atoms with Crippen molar-refractivity contribution in [2.75, 3.05) is 20.7 Å². The summed E-state index contributed by atoms with van der Waals surface area (Å²) in [6.45, 7) is 4.15. The quantitative estimate of drug-likeness (QED) is 0.441. The van der Waals surface area contributed by atoms with Crippen LogP contribution in [-0.2, 0) is 31.0 Å². The maximum atomic E-state index is 12.8. The van der Waals surface area contributed by atoms with Gasteiger partial charge in [0.25, 0.3) is 0 Å². The average molecular weight is 515 g/mol. The minimum Gasteiger partial charge on any atom is -0.493 e. The number of rotatable bonds is 8. The molecule has 1 amide bonds. The molecule has 3 N–H and O–H groups in total. The molecule has 1 unspecified atom stereocenters. The Morgan fingerprint density at radius 2 is 2.03 bits per heavy atom. The monoisotopic (exact) mass is 514 g/mol. The van der Waals surface area contributed by atoms with Crippen molar-refractivity contribution in [3.8, 4) is 11.5 Å². The van der Waals surface area contributed by atoms with Crippen LogP contribution in [-0.4, -0.2) is 77.4 Å². The average Bonchev–Trinajstić information content (AvgIpc) is 3.20. The molecule has 0 aromatic heterocycles. The number of benzene rings is 1. The number of piperidine rings is 1. The second-order valence-electron chi connectivity index (χ2n) is 10.9. The number of aliphatic carboxylic acids is 1. The Bertz CT molecular complexity index is 1180. The highest BCUT2D eigenvalue weighted by molar-refractivity contribution is 5.86. The van der Waals surface area contributed by atoms with Gasteiger partial charge in [0.05, 0.1) is 24.5 Å². The number of esters is 1. The highest BCUT2D eigenvalue weighted by atomic mass is 16.6. The number of aliphatic hydroxyl groups is 1. The largest absolute Gasteiger partial charge is 0.493 e. The van der Waals surface area contributed by atoms with Gasteiger partial charge in [0.1, 0.15) is 11.8 Å². The van der Waals surface area contributed by atoms with Crippen molar-refractivity contribution in [2.45, 2.75) is 75.2 Å². The fraction of sp³-hybridized carbons (Fsp3) is 0.593. The molecule has 5 atom stereocenters. The molecule has 10 nitrogen and oxygen atoms in total. The van der Waals surface area contributed by atoms with Crippen LogP contribution < -0.4 is 14.8 Å². The number of hydrogen-bond donors (Lipinski definition) is 3. The summed E-state index contributed by atoms with van der Waals surface area (Å²) in [6.07, 6.45) is 2.22. The first-order valence-corrected chi connectivity index (χ1v) is 12.8. The standard InChI is InChI=1S/C27H34N2O8/c1-14(2)22(25(32)33)28-19(30)7-8-20(31)36-17-9-10-27(34)18-13-15-5-6-16(35-4)23-21(15)26(27,24(17)37-23)11-12-29(18)3/h5-6,9,14,18,22,24,34H,7-8,10-13H2,1-4H3,(H,28,30)(H,32,33)/t18-,22?,24+,26+,27-/m1/s1. The second kappa shape index (κ2) is 9.02. The van der Waals surface area contributed by atoms with Crippen molar-refractivity contribution >= 4 is 17.8 Å². The van der Waals surface area contributed by atoms with Crippen LogP contribution in [0.2, 0.25) is 0 Å². The van der Waals surface area contributed by atoms with Crippen LogP contribution in [0.15, 0.2) is 24.0 Å². The van der Waals surface area contributed by atoms with E-state index in [0.29, 0.717) is 36.5 Å². The third-order valence-electron chi connectivity index (χ3n) is 8.60. The van der Waals surface area contributed by atoms with E-state index in [-0.39, 0.29) is 24.8 Å². The Balaban J connectivity index is 1.38. The van der Waals surface area contributed by atoms with Crippen LogP contribution in [0.25, 0.3) is 0 Å². The first kappa shape index (κ1) is 25.5. The van der Waals surface area contributed by atoms with Crippen molar-refractivity contribution in [3.63, 3.8) is 0 Å². The van der Waals surface area contributed by atoms with Crippen molar-refractivity contribution in [3.05, 3.63) is 35.1 Å². The van der Waals surface area contributed by atoms with Crippen LogP contribution in [0.3, 0.4) is 0 Å². The van der Waals surface area contributed by atoms with E-state index in [4.69, 9.17) is 14.2 Å². The SMILES string of the molecule is COc1ccc2c3c1O[C@H]1C(OC(=O)CCC(=O)NC(C(=O)O)C(C)C)=CC[C@@]4(O)[C@@H](C2)N(C)CC[C@]314. The number of hydrogen-bond acceptors (Lipinski definition) is 8. The fourth-order valence-electron chi connectivity index (χ4n) is 6.75. The highest BCUT2D eigenvalue weighted by Crippen LogP contribution is 2.65. The van der Waals surface area contributed by atoms with Crippen LogP contribution >= 0.6 is 0 Å². The predicted molar refractivity (Wildman–Crippen MR) is 131 cm³/mol. The van der Waals surface area contributed by atoms with E-state index in [1.165, 1.54) is 0 Å². The predicted octanol–water partition coefficient (Wildman–Crippen LogP) is 1.52.